The molecular formula is C10H22N3O2+. The van der Waals surface area contributed by atoms with E-state index in [-0.39, 0.29) is 11.9 Å². The van der Waals surface area contributed by atoms with Gasteiger partial charge >= 0.3 is 6.03 Å². The van der Waals surface area contributed by atoms with Crippen LogP contribution in [-0.2, 0) is 4.79 Å². The molecule has 0 unspecified atom stereocenters. The van der Waals surface area contributed by atoms with Crippen molar-refractivity contribution in [3.05, 3.63) is 0 Å². The molecule has 0 radical (unpaired) electrons. The maximum absolute atomic E-state index is 11.4. The predicted octanol–water partition coefficient (Wildman–Crippen LogP) is -0.901. The molecule has 0 atom stereocenters. The lowest BCUT2D eigenvalue weighted by Crippen LogP contribution is -3.05. The smallest absolute Gasteiger partial charge is 0.324 e. The number of rotatable bonds is 5. The topological polar surface area (TPSA) is 53.9 Å². The molecule has 3 amide bonds. The first-order valence-electron chi connectivity index (χ1n) is 5.34. The van der Waals surface area contributed by atoms with Crippen molar-refractivity contribution in [1.29, 1.82) is 0 Å². The number of hydrogen-bond donors (Lipinski definition) is 2. The number of carbonyl (C=O) groups excluding carboxylic acids is 2. The average molecular weight is 216 g/mol. The molecule has 0 heterocycles. The van der Waals surface area contributed by atoms with Gasteiger partial charge in [0.2, 0.25) is 5.91 Å². The minimum atomic E-state index is -0.293. The van der Waals surface area contributed by atoms with Gasteiger partial charge in [-0.05, 0) is 6.92 Å². The van der Waals surface area contributed by atoms with Gasteiger partial charge in [-0.3, -0.25) is 9.69 Å². The molecule has 0 aromatic heterocycles. The van der Waals surface area contributed by atoms with E-state index in [1.807, 2.05) is 0 Å². The molecule has 0 aliphatic rings. The number of nitrogens with zero attached hydrogens (tertiary/aromatic N) is 1. The summed E-state index contributed by atoms with van der Waals surface area (Å²) < 4.78 is 0. The third-order valence-corrected chi connectivity index (χ3v) is 2.07. The molecule has 0 bridgehead atoms. The Balaban J connectivity index is 3.77. The fraction of sp³-hybridized carbons (Fsp3) is 0.800. The van der Waals surface area contributed by atoms with E-state index < -0.39 is 0 Å². The quantitative estimate of drug-likeness (QED) is 0.585. The van der Waals surface area contributed by atoms with E-state index >= 15 is 0 Å². The summed E-state index contributed by atoms with van der Waals surface area (Å²) in [5.41, 5.74) is 0. The molecule has 0 fully saturated rings. The summed E-state index contributed by atoms with van der Waals surface area (Å²) in [7, 11) is 4.13. The van der Waals surface area contributed by atoms with E-state index in [0.717, 1.165) is 13.0 Å². The highest BCUT2D eigenvalue weighted by atomic mass is 16.2. The summed E-state index contributed by atoms with van der Waals surface area (Å²) in [6.45, 7) is 5.22. The molecule has 0 rings (SSSR count). The largest absolute Gasteiger partial charge is 0.340 e. The maximum atomic E-state index is 11.4. The van der Waals surface area contributed by atoms with Gasteiger partial charge in [0.15, 0.2) is 0 Å². The zero-order valence-corrected chi connectivity index (χ0v) is 10.1. The highest BCUT2D eigenvalue weighted by Gasteiger charge is 2.14. The van der Waals surface area contributed by atoms with Crippen molar-refractivity contribution in [1.82, 2.24) is 10.2 Å². The Morgan fingerprint density at radius 3 is 2.33 bits per heavy atom. The second kappa shape index (κ2) is 7.23. The van der Waals surface area contributed by atoms with Crippen LogP contribution in [0.25, 0.3) is 0 Å². The molecular weight excluding hydrogens is 194 g/mol. The van der Waals surface area contributed by atoms with Crippen molar-refractivity contribution in [2.75, 3.05) is 33.7 Å². The molecule has 15 heavy (non-hydrogen) atoms. The second-order valence-corrected chi connectivity index (χ2v) is 3.81. The van der Waals surface area contributed by atoms with E-state index in [1.54, 1.807) is 6.92 Å². The zero-order chi connectivity index (χ0) is 11.8. The Morgan fingerprint density at radius 2 is 1.93 bits per heavy atom. The monoisotopic (exact) mass is 216 g/mol. The number of carbonyl (C=O) groups is 2. The fourth-order valence-corrected chi connectivity index (χ4v) is 1.24. The van der Waals surface area contributed by atoms with Crippen LogP contribution in [-0.4, -0.2) is 50.6 Å². The van der Waals surface area contributed by atoms with Crippen LogP contribution in [0.15, 0.2) is 0 Å². The number of amides is 3. The van der Waals surface area contributed by atoms with Crippen LogP contribution in [0.2, 0.25) is 0 Å². The molecule has 0 aliphatic carbocycles. The number of quaternary nitrogens is 1. The van der Waals surface area contributed by atoms with Gasteiger partial charge in [-0.25, -0.2) is 4.79 Å². The highest BCUT2D eigenvalue weighted by molar-refractivity contribution is 5.93. The normalized spacial score (nSPS) is 10.2. The van der Waals surface area contributed by atoms with Gasteiger partial charge in [-0.1, -0.05) is 0 Å². The second-order valence-electron chi connectivity index (χ2n) is 3.81. The first-order valence-corrected chi connectivity index (χ1v) is 5.34. The molecule has 88 valence electrons. The minimum absolute atomic E-state index is 0.215. The fourth-order valence-electron chi connectivity index (χ4n) is 1.24. The van der Waals surface area contributed by atoms with Crippen molar-refractivity contribution < 1.29 is 14.5 Å². The van der Waals surface area contributed by atoms with Crippen LogP contribution in [0.1, 0.15) is 20.3 Å². The van der Waals surface area contributed by atoms with Crippen LogP contribution in [0.5, 0.6) is 0 Å². The number of nitrogens with one attached hydrogen (secondary N) is 2. The van der Waals surface area contributed by atoms with Gasteiger partial charge < -0.3 is 10.2 Å². The number of imide groups is 1. The molecule has 0 aromatic carbocycles. The Kier molecular flexibility index (Phi) is 6.70. The van der Waals surface area contributed by atoms with E-state index in [0.29, 0.717) is 13.1 Å². The molecule has 0 spiro atoms. The van der Waals surface area contributed by atoms with Crippen molar-refractivity contribution in [3.63, 3.8) is 0 Å². The molecule has 0 aromatic rings. The third kappa shape index (κ3) is 6.06. The van der Waals surface area contributed by atoms with Gasteiger partial charge in [0.05, 0.1) is 20.6 Å². The minimum Gasteiger partial charge on any atom is -0.340 e. The van der Waals surface area contributed by atoms with Gasteiger partial charge in [-0.2, -0.15) is 0 Å². The molecule has 5 nitrogen and oxygen atoms in total. The Hall–Kier alpha value is -1.10. The highest BCUT2D eigenvalue weighted by Crippen LogP contribution is 1.89. The van der Waals surface area contributed by atoms with Gasteiger partial charge in [-0.15, -0.1) is 0 Å². The Bertz CT molecular complexity index is 217. The maximum Gasteiger partial charge on any atom is 0.324 e. The zero-order valence-electron chi connectivity index (χ0n) is 10.1. The van der Waals surface area contributed by atoms with Crippen LogP contribution in [0.3, 0.4) is 0 Å². The van der Waals surface area contributed by atoms with E-state index in [1.165, 1.54) is 16.7 Å². The molecule has 0 saturated carbocycles. The molecule has 2 N–H and O–H groups in total. The summed E-state index contributed by atoms with van der Waals surface area (Å²) in [6.07, 6.45) is 0.920. The van der Waals surface area contributed by atoms with Crippen molar-refractivity contribution in [2.24, 2.45) is 0 Å². The number of urea groups is 1. The van der Waals surface area contributed by atoms with Crippen molar-refractivity contribution >= 4 is 11.9 Å². The van der Waals surface area contributed by atoms with Crippen LogP contribution in [0.4, 0.5) is 4.79 Å². The van der Waals surface area contributed by atoms with Gasteiger partial charge in [0.25, 0.3) is 0 Å². The lowest BCUT2D eigenvalue weighted by molar-refractivity contribution is -0.858. The summed E-state index contributed by atoms with van der Waals surface area (Å²) in [4.78, 5) is 25.0. The first-order chi connectivity index (χ1) is 6.99. The Labute approximate surface area is 91.4 Å². The Morgan fingerprint density at radius 1 is 1.33 bits per heavy atom. The summed E-state index contributed by atoms with van der Waals surface area (Å²) in [6, 6.07) is -0.293. The lowest BCUT2D eigenvalue weighted by atomic mass is 10.4. The van der Waals surface area contributed by atoms with E-state index in [2.05, 4.69) is 19.4 Å². The standard InChI is InChI=1S/C10H21N3O2/c1-5-13(9(2)14)10(15)11-7-6-8-12(3)4/h5-8H2,1-4H3,(H,11,15)/p+1. The van der Waals surface area contributed by atoms with Gasteiger partial charge in [0, 0.05) is 26.4 Å². The summed E-state index contributed by atoms with van der Waals surface area (Å²) in [5, 5.41) is 2.72. The van der Waals surface area contributed by atoms with Crippen LogP contribution in [0, 0.1) is 0 Å². The van der Waals surface area contributed by atoms with Crippen molar-refractivity contribution in [2.45, 2.75) is 20.3 Å². The average Bonchev–Trinajstić information content (AvgIpc) is 2.12. The SMILES string of the molecule is CCN(C(C)=O)C(=O)NCCC[NH+](C)C. The van der Waals surface area contributed by atoms with E-state index in [4.69, 9.17) is 0 Å². The van der Waals surface area contributed by atoms with Crippen LogP contribution < -0.4 is 10.2 Å². The molecule has 0 aliphatic heterocycles. The molecule has 5 heteroatoms. The third-order valence-electron chi connectivity index (χ3n) is 2.07. The van der Waals surface area contributed by atoms with Crippen molar-refractivity contribution in [3.8, 4) is 0 Å². The lowest BCUT2D eigenvalue weighted by Gasteiger charge is -2.17. The predicted molar refractivity (Wildman–Crippen MR) is 58.8 cm³/mol. The first kappa shape index (κ1) is 13.9. The summed E-state index contributed by atoms with van der Waals surface area (Å²) >= 11 is 0. The summed E-state index contributed by atoms with van der Waals surface area (Å²) in [5.74, 6) is -0.215. The number of hydrogen-bond acceptors (Lipinski definition) is 2. The van der Waals surface area contributed by atoms with Crippen LogP contribution >= 0.6 is 0 Å². The van der Waals surface area contributed by atoms with Gasteiger partial charge in [0.1, 0.15) is 0 Å². The molecule has 0 saturated heterocycles. The van der Waals surface area contributed by atoms with E-state index in [9.17, 15) is 9.59 Å².